The fourth-order valence-electron chi connectivity index (χ4n) is 5.55. The highest BCUT2D eigenvalue weighted by Crippen LogP contribution is 2.50. The van der Waals surface area contributed by atoms with Crippen LogP contribution in [0, 0.1) is 41.3 Å². The van der Waals surface area contributed by atoms with Crippen LogP contribution in [0.15, 0.2) is 36.4 Å². The maximum Gasteiger partial charge on any atom is 0.416 e. The van der Waals surface area contributed by atoms with Gasteiger partial charge in [0.25, 0.3) is 0 Å². The average Bonchev–Trinajstić information content (AvgIpc) is 3.35. The Labute approximate surface area is 260 Å². The van der Waals surface area contributed by atoms with E-state index in [1.807, 2.05) is 4.90 Å². The summed E-state index contributed by atoms with van der Waals surface area (Å²) in [5.41, 5.74) is -4.28. The number of amides is 1. The summed E-state index contributed by atoms with van der Waals surface area (Å²) in [4.78, 5) is 17.6. The van der Waals surface area contributed by atoms with Gasteiger partial charge in [-0.05, 0) is 86.6 Å². The number of benzene rings is 2. The molecule has 13 heteroatoms. The van der Waals surface area contributed by atoms with E-state index in [4.69, 9.17) is 5.26 Å². The molecule has 0 atom stereocenters. The summed E-state index contributed by atoms with van der Waals surface area (Å²) in [6.07, 6.45) is -8.44. The molecule has 1 fully saturated rings. The molecule has 4 rings (SSSR count). The summed E-state index contributed by atoms with van der Waals surface area (Å²) >= 11 is 1.19. The van der Waals surface area contributed by atoms with E-state index in [1.54, 1.807) is 6.92 Å². The molecule has 1 aromatic heterocycles. The predicted molar refractivity (Wildman–Crippen MR) is 157 cm³/mol. The molecular weight excluding hydrogens is 621 g/mol. The first-order valence-corrected chi connectivity index (χ1v) is 14.7. The largest absolute Gasteiger partial charge is 0.416 e. The molecule has 45 heavy (non-hydrogen) atoms. The lowest BCUT2D eigenvalue weighted by molar-refractivity contribution is -0.143. The van der Waals surface area contributed by atoms with E-state index >= 15 is 0 Å². The zero-order valence-electron chi connectivity index (χ0n) is 24.8. The molecular formula is C32H29F7N4OS. The zero-order valence-corrected chi connectivity index (χ0v) is 25.6. The number of likely N-dealkylation sites (N-methyl/N-ethyl adjacent to an activating group) is 1. The van der Waals surface area contributed by atoms with Gasteiger partial charge in [-0.1, -0.05) is 6.07 Å². The Morgan fingerprint density at radius 1 is 0.978 bits per heavy atom. The van der Waals surface area contributed by atoms with Gasteiger partial charge in [0.1, 0.15) is 22.5 Å². The van der Waals surface area contributed by atoms with E-state index in [0.717, 1.165) is 4.90 Å². The second kappa shape index (κ2) is 12.4. The van der Waals surface area contributed by atoms with Crippen molar-refractivity contribution in [2.75, 3.05) is 29.9 Å². The molecule has 0 bridgehead atoms. The SMILES string of the molecule is Cc1cc(F)ccc1-c1sc(N2CCC(CC#N)CC2)c(C#N)c1N(C)C(=O)C(C)(C)c1cc(C(F)(F)F)cc(C(F)(F)F)c1. The molecule has 1 saturated heterocycles. The number of carbonyl (C=O) groups excluding carboxylic acids is 1. The summed E-state index contributed by atoms with van der Waals surface area (Å²) in [6.45, 7) is 5.15. The molecule has 2 aromatic carbocycles. The monoisotopic (exact) mass is 650 g/mol. The number of piperidine rings is 1. The van der Waals surface area contributed by atoms with Gasteiger partial charge in [-0.3, -0.25) is 4.79 Å². The van der Waals surface area contributed by atoms with Crippen LogP contribution < -0.4 is 9.80 Å². The third kappa shape index (κ3) is 6.79. The van der Waals surface area contributed by atoms with Gasteiger partial charge in [0.15, 0.2) is 0 Å². The van der Waals surface area contributed by atoms with Crippen molar-refractivity contribution >= 4 is 27.9 Å². The molecule has 1 aliphatic heterocycles. The summed E-state index contributed by atoms with van der Waals surface area (Å²) in [6, 6.07) is 9.39. The van der Waals surface area contributed by atoms with Crippen LogP contribution in [-0.4, -0.2) is 26.0 Å². The number of nitriles is 2. The highest BCUT2D eigenvalue weighted by molar-refractivity contribution is 7.20. The number of rotatable bonds is 6. The highest BCUT2D eigenvalue weighted by atomic mass is 32.1. The van der Waals surface area contributed by atoms with Gasteiger partial charge in [-0.25, -0.2) is 4.39 Å². The van der Waals surface area contributed by atoms with E-state index < -0.39 is 46.2 Å². The molecule has 1 amide bonds. The predicted octanol–water partition coefficient (Wildman–Crippen LogP) is 8.84. The average molecular weight is 651 g/mol. The van der Waals surface area contributed by atoms with E-state index in [1.165, 1.54) is 50.4 Å². The van der Waals surface area contributed by atoms with Crippen molar-refractivity contribution in [3.05, 3.63) is 70.0 Å². The zero-order chi connectivity index (χ0) is 33.5. The smallest absolute Gasteiger partial charge is 0.362 e. The van der Waals surface area contributed by atoms with Gasteiger partial charge in [0, 0.05) is 26.6 Å². The molecule has 0 saturated carbocycles. The quantitative estimate of drug-likeness (QED) is 0.250. The summed E-state index contributed by atoms with van der Waals surface area (Å²) in [7, 11) is 1.32. The Kier molecular flexibility index (Phi) is 9.28. The van der Waals surface area contributed by atoms with Crippen LogP contribution in [0.3, 0.4) is 0 Å². The van der Waals surface area contributed by atoms with Crippen LogP contribution in [0.4, 0.5) is 41.4 Å². The maximum atomic E-state index is 14.1. The summed E-state index contributed by atoms with van der Waals surface area (Å²) < 4.78 is 96.0. The lowest BCUT2D eigenvalue weighted by Crippen LogP contribution is -2.42. The maximum absolute atomic E-state index is 14.1. The van der Waals surface area contributed by atoms with Gasteiger partial charge >= 0.3 is 12.4 Å². The van der Waals surface area contributed by atoms with Crippen LogP contribution in [0.5, 0.6) is 0 Å². The van der Waals surface area contributed by atoms with Crippen LogP contribution in [-0.2, 0) is 22.6 Å². The third-order valence-electron chi connectivity index (χ3n) is 8.18. The Balaban J connectivity index is 1.87. The first kappa shape index (κ1) is 33.8. The minimum absolute atomic E-state index is 0.00191. The first-order chi connectivity index (χ1) is 20.9. The van der Waals surface area contributed by atoms with Crippen molar-refractivity contribution in [1.82, 2.24) is 0 Å². The van der Waals surface area contributed by atoms with E-state index in [0.29, 0.717) is 65.5 Å². The molecule has 238 valence electrons. The Morgan fingerprint density at radius 3 is 2.02 bits per heavy atom. The number of halogens is 7. The number of aryl methyl sites for hydroxylation is 1. The van der Waals surface area contributed by atoms with Crippen LogP contribution in [0.2, 0.25) is 0 Å². The van der Waals surface area contributed by atoms with E-state index in [9.17, 15) is 40.8 Å². The van der Waals surface area contributed by atoms with Crippen molar-refractivity contribution < 1.29 is 35.5 Å². The number of hydrogen-bond donors (Lipinski definition) is 0. The highest BCUT2D eigenvalue weighted by Gasteiger charge is 2.42. The van der Waals surface area contributed by atoms with Crippen molar-refractivity contribution in [2.45, 2.75) is 57.8 Å². The van der Waals surface area contributed by atoms with E-state index in [-0.39, 0.29) is 23.2 Å². The second-order valence-electron chi connectivity index (χ2n) is 11.6. The standard InChI is InChI=1S/C32H29F7N4OS/c1-18-13-23(33)5-6-24(18)27-26(25(17-41)28(45-27)43-11-8-19(7-10-40)9-12-43)42(4)29(44)30(2,3)20-14-21(31(34,35)36)16-22(15-20)32(37,38)39/h5-6,13-16,19H,7-9,11-12H2,1-4H3. The lowest BCUT2D eigenvalue weighted by Gasteiger charge is -2.33. The minimum atomic E-state index is -5.11. The summed E-state index contributed by atoms with van der Waals surface area (Å²) in [5, 5.41) is 20.0. The Morgan fingerprint density at radius 2 is 1.53 bits per heavy atom. The Hall–Kier alpha value is -4.10. The molecule has 3 aromatic rings. The number of thiophene rings is 1. The van der Waals surface area contributed by atoms with Crippen molar-refractivity contribution in [3.8, 4) is 22.6 Å². The Bertz CT molecular complexity index is 1660. The fraction of sp³-hybridized carbons (Fsp3) is 0.406. The molecule has 0 radical (unpaired) electrons. The molecule has 0 spiro atoms. The molecule has 2 heterocycles. The molecule has 1 aliphatic rings. The molecule has 0 aliphatic carbocycles. The van der Waals surface area contributed by atoms with Gasteiger partial charge in [-0.2, -0.15) is 36.9 Å². The normalized spacial score (nSPS) is 14.6. The topological polar surface area (TPSA) is 71.1 Å². The van der Waals surface area contributed by atoms with Gasteiger partial charge in [0.2, 0.25) is 5.91 Å². The molecule has 0 unspecified atom stereocenters. The molecule has 5 nitrogen and oxygen atoms in total. The minimum Gasteiger partial charge on any atom is -0.362 e. The van der Waals surface area contributed by atoms with E-state index in [2.05, 4.69) is 12.1 Å². The number of alkyl halides is 6. The number of nitrogens with zero attached hydrogens (tertiary/aromatic N) is 4. The lowest BCUT2D eigenvalue weighted by atomic mass is 9.81. The molecule has 0 N–H and O–H groups in total. The number of hydrogen-bond acceptors (Lipinski definition) is 5. The van der Waals surface area contributed by atoms with Crippen molar-refractivity contribution in [3.63, 3.8) is 0 Å². The second-order valence-corrected chi connectivity index (χ2v) is 12.6. The van der Waals surface area contributed by atoms with Gasteiger partial charge in [0.05, 0.1) is 33.2 Å². The van der Waals surface area contributed by atoms with Gasteiger partial charge < -0.3 is 9.80 Å². The van der Waals surface area contributed by atoms with Crippen molar-refractivity contribution in [2.24, 2.45) is 5.92 Å². The third-order valence-corrected chi connectivity index (χ3v) is 9.45. The van der Waals surface area contributed by atoms with Crippen LogP contribution in [0.1, 0.15) is 60.9 Å². The van der Waals surface area contributed by atoms with Crippen LogP contribution >= 0.6 is 11.3 Å². The first-order valence-electron chi connectivity index (χ1n) is 13.9. The van der Waals surface area contributed by atoms with Crippen LogP contribution in [0.25, 0.3) is 10.4 Å². The number of anilines is 2. The fourth-order valence-corrected chi connectivity index (χ4v) is 6.97. The number of carbonyl (C=O) groups is 1. The summed E-state index contributed by atoms with van der Waals surface area (Å²) in [5.74, 6) is -1.18. The van der Waals surface area contributed by atoms with Crippen molar-refractivity contribution in [1.29, 1.82) is 10.5 Å². The van der Waals surface area contributed by atoms with Gasteiger partial charge in [-0.15, -0.1) is 11.3 Å².